The minimum Gasteiger partial charge on any atom is -0.356 e. The van der Waals surface area contributed by atoms with Crippen LogP contribution >= 0.6 is 11.3 Å². The molecule has 0 radical (unpaired) electrons. The largest absolute Gasteiger partial charge is 0.356 e. The van der Waals surface area contributed by atoms with Gasteiger partial charge in [-0.2, -0.15) is 0 Å². The van der Waals surface area contributed by atoms with Crippen LogP contribution in [0.1, 0.15) is 24.6 Å². The molecule has 1 fully saturated rings. The first-order chi connectivity index (χ1) is 15.1. The highest BCUT2D eigenvalue weighted by molar-refractivity contribution is 7.13. The number of aromatic nitrogens is 1. The third-order valence-electron chi connectivity index (χ3n) is 5.89. The predicted molar refractivity (Wildman–Crippen MR) is 124 cm³/mol. The van der Waals surface area contributed by atoms with Crippen molar-refractivity contribution in [3.05, 3.63) is 77.4 Å². The highest BCUT2D eigenvalue weighted by Crippen LogP contribution is 2.36. The number of benzene rings is 1. The molecule has 1 N–H and O–H groups in total. The van der Waals surface area contributed by atoms with E-state index in [1.165, 1.54) is 10.4 Å². The van der Waals surface area contributed by atoms with Crippen LogP contribution in [0, 0.1) is 5.41 Å². The summed E-state index contributed by atoms with van der Waals surface area (Å²) in [5.41, 5.74) is 2.46. The number of likely N-dealkylation sites (tertiary alicyclic amines) is 1. The van der Waals surface area contributed by atoms with Gasteiger partial charge in [0, 0.05) is 36.4 Å². The van der Waals surface area contributed by atoms with Gasteiger partial charge >= 0.3 is 0 Å². The molecule has 1 aromatic carbocycles. The van der Waals surface area contributed by atoms with Gasteiger partial charge < -0.3 is 10.2 Å². The molecule has 0 unspecified atom stereocenters. The van der Waals surface area contributed by atoms with Crippen LogP contribution in [0.4, 0.5) is 0 Å². The highest BCUT2D eigenvalue weighted by Gasteiger charge is 2.45. The third-order valence-corrected chi connectivity index (χ3v) is 6.81. The monoisotopic (exact) mass is 433 g/mol. The third kappa shape index (κ3) is 4.85. The van der Waals surface area contributed by atoms with E-state index in [1.807, 2.05) is 36.1 Å². The maximum atomic E-state index is 13.1. The number of nitrogens with one attached hydrogen (secondary N) is 1. The summed E-state index contributed by atoms with van der Waals surface area (Å²) in [6.07, 6.45) is 3.25. The number of hydrogen-bond acceptors (Lipinski definition) is 4. The lowest BCUT2D eigenvalue weighted by Crippen LogP contribution is -2.45. The van der Waals surface area contributed by atoms with Gasteiger partial charge in [-0.1, -0.05) is 36.4 Å². The predicted octanol–water partition coefficient (Wildman–Crippen LogP) is 3.95. The van der Waals surface area contributed by atoms with E-state index >= 15 is 0 Å². The molecule has 1 aliphatic rings. The Kier molecular flexibility index (Phi) is 6.47. The van der Waals surface area contributed by atoms with Crippen LogP contribution in [0.15, 0.2) is 66.2 Å². The molecule has 31 heavy (non-hydrogen) atoms. The molecule has 1 atom stereocenters. The van der Waals surface area contributed by atoms with Gasteiger partial charge in [0.2, 0.25) is 11.8 Å². The number of carbonyl (C=O) groups is 2. The van der Waals surface area contributed by atoms with Crippen LogP contribution in [0.25, 0.3) is 10.4 Å². The van der Waals surface area contributed by atoms with Gasteiger partial charge in [0.15, 0.2) is 0 Å². The van der Waals surface area contributed by atoms with Crippen LogP contribution < -0.4 is 5.32 Å². The maximum Gasteiger partial charge on any atom is 0.228 e. The van der Waals surface area contributed by atoms with Gasteiger partial charge in [-0.15, -0.1) is 11.3 Å². The van der Waals surface area contributed by atoms with Crippen molar-refractivity contribution < 1.29 is 9.59 Å². The maximum absolute atomic E-state index is 13.1. The summed E-state index contributed by atoms with van der Waals surface area (Å²) < 4.78 is 0. The van der Waals surface area contributed by atoms with Gasteiger partial charge in [-0.05, 0) is 54.5 Å². The number of rotatable bonds is 7. The van der Waals surface area contributed by atoms with Crippen molar-refractivity contribution in [2.75, 3.05) is 19.6 Å². The van der Waals surface area contributed by atoms with Crippen molar-refractivity contribution >= 4 is 23.2 Å². The molecule has 4 rings (SSSR count). The fourth-order valence-electron chi connectivity index (χ4n) is 4.23. The number of thiophene rings is 1. The summed E-state index contributed by atoms with van der Waals surface area (Å²) in [5, 5.41) is 5.08. The SMILES string of the molecule is CCNC(=O)[C@@]1(Cc2ccc(-c3cccs3)cc2)CCN(C(=O)Cc2ccccn2)C1. The van der Waals surface area contributed by atoms with Crippen molar-refractivity contribution in [3.63, 3.8) is 0 Å². The number of hydrogen-bond donors (Lipinski definition) is 1. The van der Waals surface area contributed by atoms with Gasteiger partial charge in [0.25, 0.3) is 0 Å². The summed E-state index contributed by atoms with van der Waals surface area (Å²) in [6, 6.07) is 18.2. The minimum atomic E-state index is -0.597. The summed E-state index contributed by atoms with van der Waals surface area (Å²) in [4.78, 5) is 33.3. The number of amides is 2. The van der Waals surface area contributed by atoms with E-state index in [1.54, 1.807) is 17.5 Å². The lowest BCUT2D eigenvalue weighted by molar-refractivity contribution is -0.132. The molecule has 5 nitrogen and oxygen atoms in total. The smallest absolute Gasteiger partial charge is 0.228 e. The summed E-state index contributed by atoms with van der Waals surface area (Å²) in [6.45, 7) is 3.55. The summed E-state index contributed by atoms with van der Waals surface area (Å²) in [5.74, 6) is 0.0587. The Labute approximate surface area is 187 Å². The van der Waals surface area contributed by atoms with Crippen molar-refractivity contribution in [1.82, 2.24) is 15.2 Å². The quantitative estimate of drug-likeness (QED) is 0.614. The van der Waals surface area contributed by atoms with Crippen LogP contribution in [0.3, 0.4) is 0 Å². The zero-order chi connectivity index (χ0) is 21.7. The number of nitrogens with zero attached hydrogens (tertiary/aromatic N) is 2. The molecule has 160 valence electrons. The molecule has 6 heteroatoms. The van der Waals surface area contributed by atoms with Gasteiger partial charge in [0.05, 0.1) is 11.8 Å². The molecule has 3 heterocycles. The highest BCUT2D eigenvalue weighted by atomic mass is 32.1. The van der Waals surface area contributed by atoms with Crippen molar-refractivity contribution in [3.8, 4) is 10.4 Å². The molecule has 2 amide bonds. The van der Waals surface area contributed by atoms with Crippen LogP contribution in [-0.4, -0.2) is 41.3 Å². The molecule has 2 aromatic heterocycles. The average Bonchev–Trinajstić information content (AvgIpc) is 3.47. The Bertz CT molecular complexity index is 1020. The van der Waals surface area contributed by atoms with Crippen LogP contribution in [0.5, 0.6) is 0 Å². The van der Waals surface area contributed by atoms with Gasteiger partial charge in [-0.3, -0.25) is 14.6 Å². The molecule has 1 aliphatic heterocycles. The Morgan fingerprint density at radius 1 is 1.13 bits per heavy atom. The second-order valence-electron chi connectivity index (χ2n) is 8.05. The zero-order valence-corrected chi connectivity index (χ0v) is 18.5. The Morgan fingerprint density at radius 3 is 2.65 bits per heavy atom. The van der Waals surface area contributed by atoms with Crippen molar-refractivity contribution in [2.45, 2.75) is 26.2 Å². The van der Waals surface area contributed by atoms with Crippen molar-refractivity contribution in [2.24, 2.45) is 5.41 Å². The fourth-order valence-corrected chi connectivity index (χ4v) is 4.97. The molecule has 0 bridgehead atoms. The topological polar surface area (TPSA) is 62.3 Å². The first kappa shape index (κ1) is 21.2. The molecule has 3 aromatic rings. The minimum absolute atomic E-state index is 0.0258. The Hall–Kier alpha value is -2.99. The molecular weight excluding hydrogens is 406 g/mol. The van der Waals surface area contributed by atoms with E-state index in [0.717, 1.165) is 11.3 Å². The summed E-state index contributed by atoms with van der Waals surface area (Å²) >= 11 is 1.72. The van der Waals surface area contributed by atoms with Gasteiger partial charge in [-0.25, -0.2) is 0 Å². The first-order valence-electron chi connectivity index (χ1n) is 10.7. The molecule has 1 saturated heterocycles. The zero-order valence-electron chi connectivity index (χ0n) is 17.7. The van der Waals surface area contributed by atoms with Crippen LogP contribution in [-0.2, 0) is 22.4 Å². The normalized spacial score (nSPS) is 18.2. The summed E-state index contributed by atoms with van der Waals surface area (Å²) in [7, 11) is 0. The lowest BCUT2D eigenvalue weighted by Gasteiger charge is -2.28. The van der Waals surface area contributed by atoms with E-state index in [2.05, 4.69) is 46.0 Å². The molecule has 0 saturated carbocycles. The van der Waals surface area contributed by atoms with E-state index in [0.29, 0.717) is 32.5 Å². The fraction of sp³-hybridized carbons (Fsp3) is 0.320. The molecular formula is C25H27N3O2S. The Balaban J connectivity index is 1.50. The molecule has 0 aliphatic carbocycles. The van der Waals surface area contributed by atoms with Crippen LogP contribution in [0.2, 0.25) is 0 Å². The second-order valence-corrected chi connectivity index (χ2v) is 9.00. The first-order valence-corrected chi connectivity index (χ1v) is 11.6. The van der Waals surface area contributed by atoms with E-state index in [-0.39, 0.29) is 18.2 Å². The standard InChI is InChI=1S/C25H27N3O2S/c1-2-26-24(30)25(17-19-8-10-20(11-9-19)22-7-5-15-31-22)12-14-28(18-25)23(29)16-21-6-3-4-13-27-21/h3-11,13,15H,2,12,14,16-18H2,1H3,(H,26,30)/t25-/m1/s1. The number of pyridine rings is 1. The molecule has 0 spiro atoms. The van der Waals surface area contributed by atoms with E-state index < -0.39 is 5.41 Å². The van der Waals surface area contributed by atoms with Crippen molar-refractivity contribution in [1.29, 1.82) is 0 Å². The Morgan fingerprint density at radius 2 is 1.97 bits per heavy atom. The lowest BCUT2D eigenvalue weighted by atomic mass is 9.79. The average molecular weight is 434 g/mol. The van der Waals surface area contributed by atoms with E-state index in [4.69, 9.17) is 0 Å². The van der Waals surface area contributed by atoms with Gasteiger partial charge in [0.1, 0.15) is 0 Å². The second kappa shape index (κ2) is 9.43. The number of carbonyl (C=O) groups excluding carboxylic acids is 2. The van der Waals surface area contributed by atoms with E-state index in [9.17, 15) is 9.59 Å².